The Balaban J connectivity index is 2.61. The molecule has 3 nitrogen and oxygen atoms in total. The first kappa shape index (κ1) is 12.4. The van der Waals surface area contributed by atoms with Gasteiger partial charge in [0.25, 0.3) is 0 Å². The third-order valence-electron chi connectivity index (χ3n) is 2.04. The van der Waals surface area contributed by atoms with Gasteiger partial charge in [-0.2, -0.15) is 13.9 Å². The number of halogens is 3. The van der Waals surface area contributed by atoms with E-state index in [4.69, 9.17) is 16.3 Å². The molecule has 0 aromatic carbocycles. The fraction of sp³-hybridized carbons (Fsp3) is 0.667. The molecule has 1 heterocycles. The van der Waals surface area contributed by atoms with E-state index in [9.17, 15) is 8.78 Å². The molecule has 15 heavy (non-hydrogen) atoms. The number of rotatable bonds is 5. The molecule has 0 unspecified atom stereocenters. The fourth-order valence-electron chi connectivity index (χ4n) is 0.944. The molecule has 1 aromatic rings. The van der Waals surface area contributed by atoms with Gasteiger partial charge in [0.15, 0.2) is 0 Å². The molecule has 0 radical (unpaired) electrons. The van der Waals surface area contributed by atoms with Gasteiger partial charge in [-0.3, -0.25) is 0 Å². The van der Waals surface area contributed by atoms with E-state index in [1.54, 1.807) is 0 Å². The molecule has 0 bridgehead atoms. The van der Waals surface area contributed by atoms with Crippen LogP contribution in [-0.4, -0.2) is 15.9 Å². The van der Waals surface area contributed by atoms with E-state index in [0.29, 0.717) is 10.4 Å². The van der Waals surface area contributed by atoms with Crippen molar-refractivity contribution in [2.75, 3.05) is 0 Å². The minimum Gasteiger partial charge on any atom is -0.372 e. The maximum atomic E-state index is 12.2. The van der Waals surface area contributed by atoms with Crippen LogP contribution in [0.2, 0.25) is 5.02 Å². The summed E-state index contributed by atoms with van der Waals surface area (Å²) in [4.78, 5) is 0. The van der Waals surface area contributed by atoms with E-state index < -0.39 is 6.55 Å². The molecular formula is C9H13ClF2N2O. The summed E-state index contributed by atoms with van der Waals surface area (Å²) >= 11 is 5.72. The number of hydrogen-bond acceptors (Lipinski definition) is 2. The molecule has 0 aliphatic rings. The predicted octanol–water partition coefficient (Wildman–Crippen LogP) is 3.25. The summed E-state index contributed by atoms with van der Waals surface area (Å²) in [6, 6.07) is 0. The van der Waals surface area contributed by atoms with Crippen LogP contribution in [0.15, 0.2) is 6.20 Å². The van der Waals surface area contributed by atoms with Gasteiger partial charge in [-0.1, -0.05) is 18.5 Å². The Morgan fingerprint density at radius 1 is 1.60 bits per heavy atom. The van der Waals surface area contributed by atoms with Crippen molar-refractivity contribution in [3.63, 3.8) is 0 Å². The van der Waals surface area contributed by atoms with Gasteiger partial charge in [0.1, 0.15) is 5.69 Å². The second kappa shape index (κ2) is 5.42. The van der Waals surface area contributed by atoms with Crippen molar-refractivity contribution in [2.45, 2.75) is 39.5 Å². The molecule has 1 aromatic heterocycles. The van der Waals surface area contributed by atoms with Gasteiger partial charge < -0.3 is 4.74 Å². The Labute approximate surface area is 92.0 Å². The molecule has 0 saturated heterocycles. The first-order chi connectivity index (χ1) is 7.04. The van der Waals surface area contributed by atoms with Crippen LogP contribution >= 0.6 is 11.6 Å². The fourth-order valence-corrected chi connectivity index (χ4v) is 1.14. The predicted molar refractivity (Wildman–Crippen MR) is 53.0 cm³/mol. The molecular weight excluding hydrogens is 226 g/mol. The van der Waals surface area contributed by atoms with Crippen molar-refractivity contribution in [1.29, 1.82) is 0 Å². The maximum Gasteiger partial charge on any atom is 0.333 e. The van der Waals surface area contributed by atoms with Crippen molar-refractivity contribution < 1.29 is 13.5 Å². The summed E-state index contributed by atoms with van der Waals surface area (Å²) in [7, 11) is 0. The van der Waals surface area contributed by atoms with Crippen LogP contribution in [0.5, 0.6) is 0 Å². The average molecular weight is 239 g/mol. The van der Waals surface area contributed by atoms with E-state index in [0.717, 1.165) is 12.6 Å². The van der Waals surface area contributed by atoms with Gasteiger partial charge in [-0.25, -0.2) is 4.68 Å². The largest absolute Gasteiger partial charge is 0.372 e. The molecule has 1 atom stereocenters. The highest BCUT2D eigenvalue weighted by molar-refractivity contribution is 6.31. The van der Waals surface area contributed by atoms with Gasteiger partial charge in [0, 0.05) is 6.20 Å². The third-order valence-corrected chi connectivity index (χ3v) is 2.35. The molecule has 0 N–H and O–H groups in total. The van der Waals surface area contributed by atoms with E-state index >= 15 is 0 Å². The minimum absolute atomic E-state index is 0.0674. The Kier molecular flexibility index (Phi) is 4.47. The second-order valence-electron chi connectivity index (χ2n) is 3.21. The second-order valence-corrected chi connectivity index (χ2v) is 3.62. The van der Waals surface area contributed by atoms with E-state index in [2.05, 4.69) is 5.10 Å². The normalized spacial score (nSPS) is 13.5. The van der Waals surface area contributed by atoms with E-state index in [-0.39, 0.29) is 17.7 Å². The molecule has 0 amide bonds. The van der Waals surface area contributed by atoms with Crippen LogP contribution in [0.4, 0.5) is 8.78 Å². The van der Waals surface area contributed by atoms with Crippen LogP contribution in [0, 0.1) is 0 Å². The topological polar surface area (TPSA) is 27.1 Å². The molecule has 0 spiro atoms. The maximum absolute atomic E-state index is 12.2. The molecule has 0 saturated carbocycles. The average Bonchev–Trinajstić information content (AvgIpc) is 2.56. The molecule has 1 rings (SSSR count). The first-order valence-electron chi connectivity index (χ1n) is 4.67. The van der Waals surface area contributed by atoms with Crippen LogP contribution in [0.1, 0.15) is 32.5 Å². The standard InChI is InChI=1S/C9H13ClF2N2O/c1-3-6(2)15-5-8-7(10)4-14(13-8)9(11)12/h4,6,9H,3,5H2,1-2H3/t6-/m1/s1. The van der Waals surface area contributed by atoms with Crippen LogP contribution < -0.4 is 0 Å². The van der Waals surface area contributed by atoms with E-state index in [1.807, 2.05) is 13.8 Å². The number of hydrogen-bond donors (Lipinski definition) is 0. The third kappa shape index (κ3) is 3.43. The summed E-state index contributed by atoms with van der Waals surface area (Å²) in [5, 5.41) is 3.83. The number of aromatic nitrogens is 2. The summed E-state index contributed by atoms with van der Waals surface area (Å²) in [5.74, 6) is 0. The highest BCUT2D eigenvalue weighted by Gasteiger charge is 2.13. The van der Waals surface area contributed by atoms with Crippen molar-refractivity contribution in [1.82, 2.24) is 9.78 Å². The summed E-state index contributed by atoms with van der Waals surface area (Å²) in [6.45, 7) is 1.37. The summed E-state index contributed by atoms with van der Waals surface area (Å²) in [6.07, 6.45) is 2.02. The van der Waals surface area contributed by atoms with Crippen molar-refractivity contribution in [3.8, 4) is 0 Å². The number of alkyl halides is 2. The van der Waals surface area contributed by atoms with Gasteiger partial charge >= 0.3 is 6.55 Å². The number of ether oxygens (including phenoxy) is 1. The lowest BCUT2D eigenvalue weighted by Gasteiger charge is -2.08. The van der Waals surface area contributed by atoms with Gasteiger partial charge in [-0.15, -0.1) is 0 Å². The van der Waals surface area contributed by atoms with Crippen molar-refractivity contribution in [2.24, 2.45) is 0 Å². The van der Waals surface area contributed by atoms with Gasteiger partial charge in [-0.05, 0) is 13.3 Å². The van der Waals surface area contributed by atoms with Crippen LogP contribution in [0.25, 0.3) is 0 Å². The zero-order valence-electron chi connectivity index (χ0n) is 8.58. The summed E-state index contributed by atoms with van der Waals surface area (Å²) < 4.78 is 30.3. The SMILES string of the molecule is CC[C@@H](C)OCc1nn(C(F)F)cc1Cl. The lowest BCUT2D eigenvalue weighted by molar-refractivity contribution is 0.0414. The Hall–Kier alpha value is -0.680. The number of nitrogens with zero attached hydrogens (tertiary/aromatic N) is 2. The molecule has 86 valence electrons. The first-order valence-corrected chi connectivity index (χ1v) is 5.05. The molecule has 0 aliphatic carbocycles. The quantitative estimate of drug-likeness (QED) is 0.787. The van der Waals surface area contributed by atoms with Crippen molar-refractivity contribution >= 4 is 11.6 Å². The van der Waals surface area contributed by atoms with Crippen molar-refractivity contribution in [3.05, 3.63) is 16.9 Å². The zero-order chi connectivity index (χ0) is 11.4. The minimum atomic E-state index is -2.67. The van der Waals surface area contributed by atoms with Gasteiger partial charge in [0.2, 0.25) is 0 Å². The highest BCUT2D eigenvalue weighted by Crippen LogP contribution is 2.19. The lowest BCUT2D eigenvalue weighted by atomic mass is 10.3. The van der Waals surface area contributed by atoms with Crippen LogP contribution in [0.3, 0.4) is 0 Å². The zero-order valence-corrected chi connectivity index (χ0v) is 9.34. The van der Waals surface area contributed by atoms with Crippen LogP contribution in [-0.2, 0) is 11.3 Å². The Morgan fingerprint density at radius 2 is 2.27 bits per heavy atom. The molecule has 0 fully saturated rings. The highest BCUT2D eigenvalue weighted by atomic mass is 35.5. The summed E-state index contributed by atoms with van der Waals surface area (Å²) in [5.41, 5.74) is 0.345. The Bertz CT molecular complexity index is 317. The molecule has 0 aliphatic heterocycles. The Morgan fingerprint density at radius 3 is 2.73 bits per heavy atom. The monoisotopic (exact) mass is 238 g/mol. The van der Waals surface area contributed by atoms with Gasteiger partial charge in [0.05, 0.1) is 17.7 Å². The smallest absolute Gasteiger partial charge is 0.333 e. The van der Waals surface area contributed by atoms with E-state index in [1.165, 1.54) is 0 Å². The molecule has 6 heteroatoms. The lowest BCUT2D eigenvalue weighted by Crippen LogP contribution is -2.07.